The zero-order chi connectivity index (χ0) is 10.4. The molecule has 1 atom stereocenters. The van der Waals surface area contributed by atoms with Gasteiger partial charge in [-0.2, -0.15) is 0 Å². The van der Waals surface area contributed by atoms with Gasteiger partial charge in [-0.05, 0) is 5.92 Å². The second-order valence-electron chi connectivity index (χ2n) is 3.53. The third-order valence-electron chi connectivity index (χ3n) is 2.42. The number of oxazole rings is 1. The molecule has 0 N–H and O–H groups in total. The Bertz CT molecular complexity index is 267. The van der Waals surface area contributed by atoms with Crippen LogP contribution in [0.3, 0.4) is 0 Å². The summed E-state index contributed by atoms with van der Waals surface area (Å²) in [5.41, 5.74) is 0. The highest BCUT2D eigenvalue weighted by Gasteiger charge is 2.16. The highest BCUT2D eigenvalue weighted by Crippen LogP contribution is 2.17. The molecule has 0 fully saturated rings. The lowest BCUT2D eigenvalue weighted by Gasteiger charge is -2.10. The number of carbonyl (C=O) groups is 1. The number of aromatic nitrogens is 1. The molecule has 0 saturated heterocycles. The minimum atomic E-state index is 0.0234. The summed E-state index contributed by atoms with van der Waals surface area (Å²) in [6.07, 6.45) is 6.77. The molecule has 1 aromatic heterocycles. The zero-order valence-corrected chi connectivity index (χ0v) is 8.82. The number of hydrogen-bond acceptors (Lipinski definition) is 3. The fourth-order valence-corrected chi connectivity index (χ4v) is 1.57. The Labute approximate surface area is 84.5 Å². The van der Waals surface area contributed by atoms with Crippen LogP contribution in [-0.2, 0) is 0 Å². The summed E-state index contributed by atoms with van der Waals surface area (Å²) in [6.45, 7) is 4.25. The first kappa shape index (κ1) is 11.0. The van der Waals surface area contributed by atoms with Gasteiger partial charge in [0.2, 0.25) is 5.78 Å². The van der Waals surface area contributed by atoms with Crippen molar-refractivity contribution in [2.24, 2.45) is 5.92 Å². The van der Waals surface area contributed by atoms with Gasteiger partial charge >= 0.3 is 0 Å². The molecule has 0 amide bonds. The van der Waals surface area contributed by atoms with Crippen LogP contribution in [-0.4, -0.2) is 10.8 Å². The molecule has 0 saturated carbocycles. The monoisotopic (exact) mass is 195 g/mol. The van der Waals surface area contributed by atoms with E-state index in [1.165, 1.54) is 12.5 Å². The fourth-order valence-electron chi connectivity index (χ4n) is 1.57. The van der Waals surface area contributed by atoms with Gasteiger partial charge in [-0.3, -0.25) is 4.79 Å². The van der Waals surface area contributed by atoms with E-state index in [4.69, 9.17) is 4.42 Å². The third kappa shape index (κ3) is 2.98. The van der Waals surface area contributed by atoms with Gasteiger partial charge in [0.15, 0.2) is 0 Å². The number of carbonyl (C=O) groups excluding carboxylic acids is 1. The SMILES string of the molecule is CCC[C@@H](CC)CC(=O)c1ncco1. The average Bonchev–Trinajstić information content (AvgIpc) is 2.69. The van der Waals surface area contributed by atoms with Crippen LogP contribution >= 0.6 is 0 Å². The Morgan fingerprint density at radius 1 is 1.57 bits per heavy atom. The minimum Gasteiger partial charge on any atom is -0.442 e. The van der Waals surface area contributed by atoms with Gasteiger partial charge in [-0.1, -0.05) is 33.1 Å². The van der Waals surface area contributed by atoms with E-state index >= 15 is 0 Å². The van der Waals surface area contributed by atoms with E-state index in [1.54, 1.807) is 0 Å². The normalized spacial score (nSPS) is 12.7. The first-order chi connectivity index (χ1) is 6.77. The molecule has 0 aromatic carbocycles. The lowest BCUT2D eigenvalue weighted by atomic mass is 9.95. The highest BCUT2D eigenvalue weighted by molar-refractivity contribution is 5.91. The summed E-state index contributed by atoms with van der Waals surface area (Å²) in [5, 5.41) is 0. The quantitative estimate of drug-likeness (QED) is 0.655. The Balaban J connectivity index is 2.47. The zero-order valence-electron chi connectivity index (χ0n) is 8.82. The van der Waals surface area contributed by atoms with Gasteiger partial charge < -0.3 is 4.42 Å². The second kappa shape index (κ2) is 5.58. The first-order valence-corrected chi connectivity index (χ1v) is 5.20. The van der Waals surface area contributed by atoms with Crippen molar-refractivity contribution >= 4 is 5.78 Å². The summed E-state index contributed by atoms with van der Waals surface area (Å²) in [5.74, 6) is 0.745. The van der Waals surface area contributed by atoms with Crippen molar-refractivity contribution in [3.63, 3.8) is 0 Å². The highest BCUT2D eigenvalue weighted by atomic mass is 16.3. The molecule has 3 nitrogen and oxygen atoms in total. The number of nitrogens with zero attached hydrogens (tertiary/aromatic N) is 1. The van der Waals surface area contributed by atoms with Gasteiger partial charge in [-0.25, -0.2) is 4.98 Å². The van der Waals surface area contributed by atoms with Gasteiger partial charge in [0, 0.05) is 6.42 Å². The number of rotatable bonds is 6. The molecule has 78 valence electrons. The summed E-state index contributed by atoms with van der Waals surface area (Å²) >= 11 is 0. The van der Waals surface area contributed by atoms with Gasteiger partial charge in [0.1, 0.15) is 6.26 Å². The molecule has 1 aromatic rings. The molecule has 0 spiro atoms. The van der Waals surface area contributed by atoms with Crippen LogP contribution in [0.15, 0.2) is 16.9 Å². The van der Waals surface area contributed by atoms with Crippen molar-refractivity contribution in [1.82, 2.24) is 4.98 Å². The predicted octanol–water partition coefficient (Wildman–Crippen LogP) is 3.07. The largest absolute Gasteiger partial charge is 0.442 e. The Hall–Kier alpha value is -1.12. The summed E-state index contributed by atoms with van der Waals surface area (Å²) < 4.78 is 4.96. The molecule has 0 bridgehead atoms. The number of hydrogen-bond donors (Lipinski definition) is 0. The van der Waals surface area contributed by atoms with Crippen LogP contribution in [0.25, 0.3) is 0 Å². The predicted molar refractivity (Wildman–Crippen MR) is 54.1 cm³/mol. The van der Waals surface area contributed by atoms with Crippen LogP contribution in [0.5, 0.6) is 0 Å². The summed E-state index contributed by atoms with van der Waals surface area (Å²) in [4.78, 5) is 15.4. The van der Waals surface area contributed by atoms with Crippen molar-refractivity contribution in [2.45, 2.75) is 39.5 Å². The van der Waals surface area contributed by atoms with E-state index in [-0.39, 0.29) is 11.7 Å². The van der Waals surface area contributed by atoms with Crippen LogP contribution in [0.2, 0.25) is 0 Å². The van der Waals surface area contributed by atoms with Crippen molar-refractivity contribution in [1.29, 1.82) is 0 Å². The minimum absolute atomic E-state index is 0.0234. The van der Waals surface area contributed by atoms with Crippen LogP contribution in [0, 0.1) is 5.92 Å². The van der Waals surface area contributed by atoms with Gasteiger partial charge in [0.25, 0.3) is 5.89 Å². The van der Waals surface area contributed by atoms with Crippen LogP contribution < -0.4 is 0 Å². The average molecular weight is 195 g/mol. The van der Waals surface area contributed by atoms with Crippen molar-refractivity contribution in [3.05, 3.63) is 18.4 Å². The van der Waals surface area contributed by atoms with Crippen molar-refractivity contribution < 1.29 is 9.21 Å². The van der Waals surface area contributed by atoms with Gasteiger partial charge in [0.05, 0.1) is 6.20 Å². The maximum Gasteiger partial charge on any atom is 0.263 e. The van der Waals surface area contributed by atoms with Crippen molar-refractivity contribution in [3.8, 4) is 0 Å². The lowest BCUT2D eigenvalue weighted by Crippen LogP contribution is -2.08. The molecule has 0 aliphatic heterocycles. The molecule has 0 unspecified atom stereocenters. The topological polar surface area (TPSA) is 43.1 Å². The van der Waals surface area contributed by atoms with Gasteiger partial charge in [-0.15, -0.1) is 0 Å². The fraction of sp³-hybridized carbons (Fsp3) is 0.636. The molecule has 0 aliphatic rings. The van der Waals surface area contributed by atoms with E-state index in [0.29, 0.717) is 12.3 Å². The number of ketones is 1. The molecule has 3 heteroatoms. The van der Waals surface area contributed by atoms with E-state index in [2.05, 4.69) is 18.8 Å². The Morgan fingerprint density at radius 3 is 2.86 bits per heavy atom. The maximum atomic E-state index is 11.6. The molecule has 14 heavy (non-hydrogen) atoms. The summed E-state index contributed by atoms with van der Waals surface area (Å²) in [6, 6.07) is 0. The van der Waals surface area contributed by atoms with Crippen LogP contribution in [0.4, 0.5) is 0 Å². The van der Waals surface area contributed by atoms with E-state index in [9.17, 15) is 4.79 Å². The Kier molecular flexibility index (Phi) is 4.36. The molecular weight excluding hydrogens is 178 g/mol. The van der Waals surface area contributed by atoms with E-state index in [0.717, 1.165) is 19.3 Å². The van der Waals surface area contributed by atoms with E-state index < -0.39 is 0 Å². The van der Waals surface area contributed by atoms with Crippen molar-refractivity contribution in [2.75, 3.05) is 0 Å². The standard InChI is InChI=1S/C11H17NO2/c1-3-5-9(4-2)8-10(13)11-12-6-7-14-11/h6-7,9H,3-5,8H2,1-2H3/t9-/m1/s1. The first-order valence-electron chi connectivity index (χ1n) is 5.20. The molecule has 1 rings (SSSR count). The maximum absolute atomic E-state index is 11.6. The summed E-state index contributed by atoms with van der Waals surface area (Å²) in [7, 11) is 0. The molecule has 1 heterocycles. The Morgan fingerprint density at radius 2 is 2.36 bits per heavy atom. The van der Waals surface area contributed by atoms with E-state index in [1.807, 2.05) is 0 Å². The molecule has 0 aliphatic carbocycles. The molecule has 0 radical (unpaired) electrons. The third-order valence-corrected chi connectivity index (χ3v) is 2.42. The second-order valence-corrected chi connectivity index (χ2v) is 3.53. The number of Topliss-reactive ketones (excluding diaryl/α,β-unsaturated/α-hetero) is 1. The van der Waals surface area contributed by atoms with Crippen LogP contribution in [0.1, 0.15) is 50.2 Å². The lowest BCUT2D eigenvalue weighted by molar-refractivity contribution is 0.0923. The smallest absolute Gasteiger partial charge is 0.263 e. The molecular formula is C11H17NO2.